The first-order chi connectivity index (χ1) is 10.6. The molecule has 1 unspecified atom stereocenters. The van der Waals surface area contributed by atoms with Crippen LogP contribution in [0.2, 0.25) is 0 Å². The van der Waals surface area contributed by atoms with Gasteiger partial charge in [-0.15, -0.1) is 0 Å². The van der Waals surface area contributed by atoms with Gasteiger partial charge in [0.05, 0.1) is 12.3 Å². The van der Waals surface area contributed by atoms with Crippen molar-refractivity contribution in [3.63, 3.8) is 0 Å². The average molecular weight is 307 g/mol. The highest BCUT2D eigenvalue weighted by molar-refractivity contribution is 5.73. The molecule has 0 radical (unpaired) electrons. The standard InChI is InChI=1S/C17H29N3O2/c1-13(2)11-18-17(21)19-12-15(16-5-4-10-22-16)20-8-6-14(3)7-9-20/h4-5,10,13-15H,6-9,11-12H2,1-3H3,(H2,18,19,21). The van der Waals surface area contributed by atoms with E-state index in [1.165, 1.54) is 12.8 Å². The number of furan rings is 1. The summed E-state index contributed by atoms with van der Waals surface area (Å²) in [5.74, 6) is 2.17. The van der Waals surface area contributed by atoms with E-state index in [1.54, 1.807) is 6.26 Å². The first kappa shape index (κ1) is 16.9. The molecule has 1 saturated heterocycles. The molecule has 5 nitrogen and oxygen atoms in total. The largest absolute Gasteiger partial charge is 0.468 e. The number of hydrogen-bond acceptors (Lipinski definition) is 3. The van der Waals surface area contributed by atoms with Gasteiger partial charge < -0.3 is 15.1 Å². The molecular weight excluding hydrogens is 278 g/mol. The van der Waals surface area contributed by atoms with Crippen LogP contribution in [0.4, 0.5) is 4.79 Å². The van der Waals surface area contributed by atoms with Crippen molar-refractivity contribution in [2.24, 2.45) is 11.8 Å². The number of carbonyl (C=O) groups is 1. The van der Waals surface area contributed by atoms with E-state index < -0.39 is 0 Å². The topological polar surface area (TPSA) is 57.5 Å². The van der Waals surface area contributed by atoms with Crippen LogP contribution in [0.15, 0.2) is 22.8 Å². The minimum absolute atomic E-state index is 0.101. The second kappa shape index (κ2) is 8.22. The number of hydrogen-bond donors (Lipinski definition) is 2. The first-order valence-corrected chi connectivity index (χ1v) is 8.35. The zero-order valence-corrected chi connectivity index (χ0v) is 14.0. The minimum atomic E-state index is -0.101. The van der Waals surface area contributed by atoms with Crippen LogP contribution in [-0.2, 0) is 0 Å². The smallest absolute Gasteiger partial charge is 0.314 e. The van der Waals surface area contributed by atoms with Crippen molar-refractivity contribution >= 4 is 6.03 Å². The number of nitrogens with zero attached hydrogens (tertiary/aromatic N) is 1. The lowest BCUT2D eigenvalue weighted by molar-refractivity contribution is 0.122. The van der Waals surface area contributed by atoms with Crippen molar-refractivity contribution in [1.82, 2.24) is 15.5 Å². The molecule has 2 amide bonds. The van der Waals surface area contributed by atoms with Crippen LogP contribution in [-0.4, -0.2) is 37.1 Å². The SMILES string of the molecule is CC(C)CNC(=O)NCC(c1ccco1)N1CCC(C)CC1. The average Bonchev–Trinajstić information content (AvgIpc) is 3.01. The molecule has 1 aromatic heterocycles. The van der Waals surface area contributed by atoms with Gasteiger partial charge in [-0.05, 0) is 49.9 Å². The molecule has 0 aromatic carbocycles. The Labute approximate surface area is 133 Å². The summed E-state index contributed by atoms with van der Waals surface area (Å²) in [6.45, 7) is 9.85. The number of piperidine rings is 1. The quantitative estimate of drug-likeness (QED) is 0.849. The summed E-state index contributed by atoms with van der Waals surface area (Å²) in [7, 11) is 0. The summed E-state index contributed by atoms with van der Waals surface area (Å²) in [5.41, 5.74) is 0. The third-order valence-corrected chi connectivity index (χ3v) is 4.26. The second-order valence-electron chi connectivity index (χ2n) is 6.73. The molecule has 0 bridgehead atoms. The number of likely N-dealkylation sites (tertiary alicyclic amines) is 1. The molecule has 0 saturated carbocycles. The van der Waals surface area contributed by atoms with Crippen LogP contribution in [0.5, 0.6) is 0 Å². The molecule has 22 heavy (non-hydrogen) atoms. The Morgan fingerprint density at radius 1 is 1.32 bits per heavy atom. The molecule has 2 N–H and O–H groups in total. The van der Waals surface area contributed by atoms with Crippen molar-refractivity contribution in [3.8, 4) is 0 Å². The van der Waals surface area contributed by atoms with E-state index >= 15 is 0 Å². The van der Waals surface area contributed by atoms with Crippen molar-refractivity contribution < 1.29 is 9.21 Å². The van der Waals surface area contributed by atoms with E-state index in [0.717, 1.165) is 24.8 Å². The van der Waals surface area contributed by atoms with E-state index in [-0.39, 0.29) is 12.1 Å². The van der Waals surface area contributed by atoms with E-state index in [2.05, 4.69) is 36.3 Å². The van der Waals surface area contributed by atoms with Gasteiger partial charge in [0.1, 0.15) is 5.76 Å². The maximum atomic E-state index is 11.9. The molecule has 1 aliphatic rings. The molecule has 124 valence electrons. The molecule has 2 heterocycles. The summed E-state index contributed by atoms with van der Waals surface area (Å²) >= 11 is 0. The van der Waals surface area contributed by atoms with Crippen LogP contribution in [0.1, 0.15) is 45.4 Å². The number of urea groups is 1. The zero-order chi connectivity index (χ0) is 15.9. The lowest BCUT2D eigenvalue weighted by Gasteiger charge is -2.35. The van der Waals surface area contributed by atoms with Gasteiger partial charge in [-0.3, -0.25) is 4.90 Å². The number of amides is 2. The predicted molar refractivity (Wildman–Crippen MR) is 87.7 cm³/mol. The van der Waals surface area contributed by atoms with Crippen LogP contribution >= 0.6 is 0 Å². The Balaban J connectivity index is 1.90. The van der Waals surface area contributed by atoms with E-state index in [9.17, 15) is 4.79 Å². The fourth-order valence-electron chi connectivity index (χ4n) is 2.78. The van der Waals surface area contributed by atoms with Crippen molar-refractivity contribution in [1.29, 1.82) is 0 Å². The Kier molecular flexibility index (Phi) is 6.31. The molecule has 2 rings (SSSR count). The van der Waals surface area contributed by atoms with Gasteiger partial charge in [-0.25, -0.2) is 4.79 Å². The van der Waals surface area contributed by atoms with Gasteiger partial charge in [0.2, 0.25) is 0 Å². The molecule has 1 aliphatic heterocycles. The van der Waals surface area contributed by atoms with Crippen LogP contribution < -0.4 is 10.6 Å². The van der Waals surface area contributed by atoms with Gasteiger partial charge in [-0.1, -0.05) is 20.8 Å². The Morgan fingerprint density at radius 2 is 2.00 bits per heavy atom. The fourth-order valence-corrected chi connectivity index (χ4v) is 2.78. The van der Waals surface area contributed by atoms with Crippen LogP contribution in [0, 0.1) is 11.8 Å². The normalized spacial score (nSPS) is 18.4. The van der Waals surface area contributed by atoms with Gasteiger partial charge >= 0.3 is 6.03 Å². The van der Waals surface area contributed by atoms with Gasteiger partial charge in [-0.2, -0.15) is 0 Å². The maximum Gasteiger partial charge on any atom is 0.314 e. The summed E-state index contributed by atoms with van der Waals surface area (Å²) in [5, 5.41) is 5.88. The van der Waals surface area contributed by atoms with Gasteiger partial charge in [0.15, 0.2) is 0 Å². The molecule has 1 atom stereocenters. The number of nitrogens with one attached hydrogen (secondary N) is 2. The first-order valence-electron chi connectivity index (χ1n) is 8.35. The Morgan fingerprint density at radius 3 is 2.59 bits per heavy atom. The Bertz CT molecular complexity index is 437. The van der Waals surface area contributed by atoms with E-state index in [1.807, 2.05) is 12.1 Å². The van der Waals surface area contributed by atoms with E-state index in [4.69, 9.17) is 4.42 Å². The molecular formula is C17H29N3O2. The van der Waals surface area contributed by atoms with Crippen LogP contribution in [0.25, 0.3) is 0 Å². The minimum Gasteiger partial charge on any atom is -0.468 e. The predicted octanol–water partition coefficient (Wildman–Crippen LogP) is 3.01. The van der Waals surface area contributed by atoms with Crippen molar-refractivity contribution in [3.05, 3.63) is 24.2 Å². The number of carbonyl (C=O) groups excluding carboxylic acids is 1. The van der Waals surface area contributed by atoms with Crippen molar-refractivity contribution in [2.45, 2.75) is 39.7 Å². The molecule has 0 spiro atoms. The second-order valence-corrected chi connectivity index (χ2v) is 6.73. The number of rotatable bonds is 6. The third kappa shape index (κ3) is 5.05. The highest BCUT2D eigenvalue weighted by atomic mass is 16.3. The summed E-state index contributed by atoms with van der Waals surface area (Å²) in [4.78, 5) is 14.3. The lowest BCUT2D eigenvalue weighted by Crippen LogP contribution is -2.44. The lowest BCUT2D eigenvalue weighted by atomic mass is 9.97. The zero-order valence-electron chi connectivity index (χ0n) is 14.0. The summed E-state index contributed by atoms with van der Waals surface area (Å²) in [6, 6.07) is 3.92. The molecule has 0 aliphatic carbocycles. The Hall–Kier alpha value is -1.49. The van der Waals surface area contributed by atoms with Crippen LogP contribution in [0.3, 0.4) is 0 Å². The highest BCUT2D eigenvalue weighted by Gasteiger charge is 2.26. The fraction of sp³-hybridized carbons (Fsp3) is 0.706. The summed E-state index contributed by atoms with van der Waals surface area (Å²) < 4.78 is 5.59. The maximum absolute atomic E-state index is 11.9. The van der Waals surface area contributed by atoms with Gasteiger partial charge in [0.25, 0.3) is 0 Å². The van der Waals surface area contributed by atoms with Gasteiger partial charge in [0, 0.05) is 13.1 Å². The summed E-state index contributed by atoms with van der Waals surface area (Å²) in [6.07, 6.45) is 4.11. The van der Waals surface area contributed by atoms with E-state index in [0.29, 0.717) is 19.0 Å². The highest BCUT2D eigenvalue weighted by Crippen LogP contribution is 2.26. The molecule has 5 heteroatoms. The molecule has 1 aromatic rings. The third-order valence-electron chi connectivity index (χ3n) is 4.26. The molecule has 1 fully saturated rings. The monoisotopic (exact) mass is 307 g/mol. The van der Waals surface area contributed by atoms with Crippen molar-refractivity contribution in [2.75, 3.05) is 26.2 Å².